The van der Waals surface area contributed by atoms with Crippen LogP contribution in [0.1, 0.15) is 29.2 Å². The van der Waals surface area contributed by atoms with E-state index in [1.807, 2.05) is 12.1 Å². The maximum absolute atomic E-state index is 12.8. The largest absolute Gasteiger partial charge is 0.416 e. The molecule has 27 heavy (non-hydrogen) atoms. The third-order valence-corrected chi connectivity index (χ3v) is 4.99. The average Bonchev–Trinajstić information content (AvgIpc) is 3.05. The number of rotatable bonds is 2. The molecule has 1 aliphatic heterocycles. The molecular weight excluding hydrogens is 351 g/mol. The minimum absolute atomic E-state index is 0.331. The Bertz CT molecular complexity index is 1040. The van der Waals surface area contributed by atoms with Crippen LogP contribution in [0, 0.1) is 6.92 Å². The number of alkyl halides is 3. The second-order valence-corrected chi connectivity index (χ2v) is 6.84. The predicted octanol–water partition coefficient (Wildman–Crippen LogP) is 5.51. The first kappa shape index (κ1) is 17.5. The summed E-state index contributed by atoms with van der Waals surface area (Å²) in [6.45, 7) is 2.06. The SMILES string of the molecule is Cc1cc(-c2ncc3cc(C(F)(F)F)ccc3n2)ccc1C1CC=CN1C. The Morgan fingerprint density at radius 1 is 1.11 bits per heavy atom. The summed E-state index contributed by atoms with van der Waals surface area (Å²) in [7, 11) is 2.06. The Morgan fingerprint density at radius 3 is 2.59 bits per heavy atom. The summed E-state index contributed by atoms with van der Waals surface area (Å²) in [5.41, 5.74) is 3.05. The molecule has 3 aromatic rings. The topological polar surface area (TPSA) is 29.0 Å². The number of nitrogens with zero attached hydrogens (tertiary/aromatic N) is 3. The van der Waals surface area contributed by atoms with Gasteiger partial charge in [0, 0.05) is 24.2 Å². The zero-order valence-corrected chi connectivity index (χ0v) is 15.0. The number of hydrogen-bond acceptors (Lipinski definition) is 3. The monoisotopic (exact) mass is 369 g/mol. The van der Waals surface area contributed by atoms with Gasteiger partial charge in [0.15, 0.2) is 5.82 Å². The van der Waals surface area contributed by atoms with Crippen LogP contribution in [0.3, 0.4) is 0 Å². The van der Waals surface area contributed by atoms with Gasteiger partial charge >= 0.3 is 6.18 Å². The van der Waals surface area contributed by atoms with Crippen molar-refractivity contribution in [3.8, 4) is 11.4 Å². The first-order chi connectivity index (χ1) is 12.8. The molecule has 0 saturated heterocycles. The highest BCUT2D eigenvalue weighted by Gasteiger charge is 2.30. The minimum Gasteiger partial charge on any atom is -0.373 e. The molecule has 0 spiro atoms. The molecule has 0 fully saturated rings. The molecule has 1 atom stereocenters. The van der Waals surface area contributed by atoms with Crippen molar-refractivity contribution >= 4 is 10.9 Å². The van der Waals surface area contributed by atoms with Crippen LogP contribution in [0.25, 0.3) is 22.3 Å². The fraction of sp³-hybridized carbons (Fsp3) is 0.238. The van der Waals surface area contributed by atoms with Gasteiger partial charge in [0.25, 0.3) is 0 Å². The smallest absolute Gasteiger partial charge is 0.373 e. The number of hydrogen-bond donors (Lipinski definition) is 0. The molecular formula is C21H18F3N3. The van der Waals surface area contributed by atoms with Crippen molar-refractivity contribution in [1.82, 2.24) is 14.9 Å². The van der Waals surface area contributed by atoms with Crippen molar-refractivity contribution in [3.05, 3.63) is 71.6 Å². The van der Waals surface area contributed by atoms with Gasteiger partial charge in [0.05, 0.1) is 17.1 Å². The molecule has 0 bridgehead atoms. The first-order valence-corrected chi connectivity index (χ1v) is 8.66. The van der Waals surface area contributed by atoms with E-state index in [4.69, 9.17) is 0 Å². The van der Waals surface area contributed by atoms with Crippen LogP contribution in [-0.2, 0) is 6.18 Å². The zero-order chi connectivity index (χ0) is 19.2. The highest BCUT2D eigenvalue weighted by molar-refractivity contribution is 5.80. The summed E-state index contributed by atoms with van der Waals surface area (Å²) in [6.07, 6.45) is 2.29. The molecule has 138 valence electrons. The molecule has 0 aliphatic carbocycles. The van der Waals surface area contributed by atoms with E-state index in [2.05, 4.69) is 47.2 Å². The van der Waals surface area contributed by atoms with Gasteiger partial charge in [-0.25, -0.2) is 9.97 Å². The summed E-state index contributed by atoms with van der Waals surface area (Å²) in [5.74, 6) is 0.509. The third kappa shape index (κ3) is 3.27. The molecule has 0 radical (unpaired) electrons. The standard InChI is InChI=1S/C21H18F3N3/c1-13-10-14(5-7-17(13)19-4-3-9-27(19)2)20-25-12-15-11-16(21(22,23)24)6-8-18(15)26-20/h3,5-12,19H,4H2,1-2H3. The molecule has 3 nitrogen and oxygen atoms in total. The van der Waals surface area contributed by atoms with Crippen LogP contribution >= 0.6 is 0 Å². The van der Waals surface area contributed by atoms with Crippen LogP contribution in [0.15, 0.2) is 54.9 Å². The van der Waals surface area contributed by atoms with E-state index < -0.39 is 11.7 Å². The Morgan fingerprint density at radius 2 is 1.93 bits per heavy atom. The van der Waals surface area contributed by atoms with E-state index in [1.165, 1.54) is 17.8 Å². The van der Waals surface area contributed by atoms with Gasteiger partial charge in [-0.2, -0.15) is 13.2 Å². The molecule has 6 heteroatoms. The number of benzene rings is 2. The summed E-state index contributed by atoms with van der Waals surface area (Å²) in [6, 6.07) is 9.94. The molecule has 1 aromatic heterocycles. The van der Waals surface area contributed by atoms with Crippen LogP contribution in [0.5, 0.6) is 0 Å². The van der Waals surface area contributed by atoms with E-state index in [1.54, 1.807) is 0 Å². The van der Waals surface area contributed by atoms with Gasteiger partial charge in [-0.3, -0.25) is 0 Å². The Kier molecular flexibility index (Phi) is 4.13. The second kappa shape index (κ2) is 6.37. The van der Waals surface area contributed by atoms with Gasteiger partial charge in [0.1, 0.15) is 0 Å². The van der Waals surface area contributed by atoms with Crippen molar-refractivity contribution < 1.29 is 13.2 Å². The van der Waals surface area contributed by atoms with Gasteiger partial charge in [-0.05, 0) is 54.9 Å². The molecule has 1 unspecified atom stereocenters. The zero-order valence-electron chi connectivity index (χ0n) is 15.0. The van der Waals surface area contributed by atoms with E-state index in [-0.39, 0.29) is 0 Å². The van der Waals surface area contributed by atoms with Crippen molar-refractivity contribution in [3.63, 3.8) is 0 Å². The number of halogens is 3. The Labute approximate surface area is 155 Å². The molecule has 0 N–H and O–H groups in total. The van der Waals surface area contributed by atoms with Gasteiger partial charge < -0.3 is 4.90 Å². The lowest BCUT2D eigenvalue weighted by atomic mass is 9.97. The summed E-state index contributed by atoms with van der Waals surface area (Å²) in [4.78, 5) is 10.9. The van der Waals surface area contributed by atoms with E-state index in [9.17, 15) is 13.2 Å². The Balaban J connectivity index is 1.69. The number of fused-ring (bicyclic) bond motifs is 1. The Hall–Kier alpha value is -2.89. The number of aryl methyl sites for hydroxylation is 1. The van der Waals surface area contributed by atoms with Gasteiger partial charge in [-0.15, -0.1) is 0 Å². The van der Waals surface area contributed by atoms with Crippen LogP contribution in [0.4, 0.5) is 13.2 Å². The van der Waals surface area contributed by atoms with Crippen LogP contribution in [-0.4, -0.2) is 21.9 Å². The highest BCUT2D eigenvalue weighted by atomic mass is 19.4. The lowest BCUT2D eigenvalue weighted by Gasteiger charge is -2.23. The van der Waals surface area contributed by atoms with Crippen molar-refractivity contribution in [2.45, 2.75) is 25.6 Å². The van der Waals surface area contributed by atoms with Crippen molar-refractivity contribution in [1.29, 1.82) is 0 Å². The summed E-state index contributed by atoms with van der Waals surface area (Å²) < 4.78 is 38.5. The normalized spacial score (nSPS) is 17.1. The van der Waals surface area contributed by atoms with Crippen molar-refractivity contribution in [2.75, 3.05) is 7.05 Å². The maximum Gasteiger partial charge on any atom is 0.416 e. The van der Waals surface area contributed by atoms with E-state index in [0.717, 1.165) is 29.7 Å². The van der Waals surface area contributed by atoms with E-state index >= 15 is 0 Å². The summed E-state index contributed by atoms with van der Waals surface area (Å²) >= 11 is 0. The van der Waals surface area contributed by atoms with Crippen LogP contribution < -0.4 is 0 Å². The molecule has 0 amide bonds. The fourth-order valence-electron chi connectivity index (χ4n) is 3.51. The van der Waals surface area contributed by atoms with Crippen molar-refractivity contribution in [2.24, 2.45) is 0 Å². The highest BCUT2D eigenvalue weighted by Crippen LogP contribution is 2.33. The fourth-order valence-corrected chi connectivity index (χ4v) is 3.51. The minimum atomic E-state index is -4.37. The number of aromatic nitrogens is 2. The molecule has 1 aliphatic rings. The average molecular weight is 369 g/mol. The predicted molar refractivity (Wildman–Crippen MR) is 99.0 cm³/mol. The van der Waals surface area contributed by atoms with Gasteiger partial charge in [-0.1, -0.05) is 18.2 Å². The quantitative estimate of drug-likeness (QED) is 0.596. The van der Waals surface area contributed by atoms with Gasteiger partial charge in [0.2, 0.25) is 0 Å². The molecule has 2 heterocycles. The van der Waals surface area contributed by atoms with E-state index in [0.29, 0.717) is 22.8 Å². The second-order valence-electron chi connectivity index (χ2n) is 6.84. The maximum atomic E-state index is 12.8. The first-order valence-electron chi connectivity index (χ1n) is 8.66. The summed E-state index contributed by atoms with van der Waals surface area (Å²) in [5, 5.41) is 0.376. The lowest BCUT2D eigenvalue weighted by molar-refractivity contribution is -0.137. The lowest BCUT2D eigenvalue weighted by Crippen LogP contribution is -2.15. The molecule has 0 saturated carbocycles. The molecule has 4 rings (SSSR count). The third-order valence-electron chi connectivity index (χ3n) is 4.99. The van der Waals surface area contributed by atoms with Crippen LogP contribution in [0.2, 0.25) is 0 Å². The molecule has 2 aromatic carbocycles.